The van der Waals surface area contributed by atoms with Gasteiger partial charge in [-0.2, -0.15) is 0 Å². The summed E-state index contributed by atoms with van der Waals surface area (Å²) in [5.41, 5.74) is 0. The minimum atomic E-state index is 0.380. The van der Waals surface area contributed by atoms with E-state index in [1.54, 1.807) is 0 Å². The van der Waals surface area contributed by atoms with E-state index in [0.29, 0.717) is 12.2 Å². The second kappa shape index (κ2) is 5.83. The first kappa shape index (κ1) is 11.4. The van der Waals surface area contributed by atoms with Gasteiger partial charge >= 0.3 is 0 Å². The van der Waals surface area contributed by atoms with Crippen LogP contribution in [0.15, 0.2) is 0 Å². The van der Waals surface area contributed by atoms with Crippen LogP contribution < -0.4 is 5.32 Å². The molecule has 3 heteroatoms. The van der Waals surface area contributed by atoms with Gasteiger partial charge in [-0.1, -0.05) is 6.92 Å². The molecule has 1 N–H and O–H groups in total. The van der Waals surface area contributed by atoms with Crippen molar-refractivity contribution in [1.29, 1.82) is 0 Å². The van der Waals surface area contributed by atoms with Crippen molar-refractivity contribution in [2.24, 2.45) is 0 Å². The van der Waals surface area contributed by atoms with Gasteiger partial charge in [0, 0.05) is 12.6 Å². The smallest absolute Gasteiger partial charge is 0.0834 e. The molecule has 2 fully saturated rings. The average Bonchev–Trinajstić information content (AvgIpc) is 2.74. The lowest BCUT2D eigenvalue weighted by atomic mass is 9.93. The second-order valence-electron chi connectivity index (χ2n) is 4.65. The van der Waals surface area contributed by atoms with E-state index >= 15 is 0 Å². The molecule has 0 amide bonds. The molecule has 2 rings (SSSR count). The van der Waals surface area contributed by atoms with Crippen molar-refractivity contribution in [3.8, 4) is 0 Å². The van der Waals surface area contributed by atoms with Gasteiger partial charge in [-0.15, -0.1) is 0 Å². The van der Waals surface area contributed by atoms with E-state index in [1.165, 1.54) is 25.7 Å². The van der Waals surface area contributed by atoms with E-state index in [0.717, 1.165) is 32.2 Å². The minimum absolute atomic E-state index is 0.380. The highest BCUT2D eigenvalue weighted by Gasteiger charge is 2.25. The molecule has 15 heavy (non-hydrogen) atoms. The van der Waals surface area contributed by atoms with Gasteiger partial charge in [-0.3, -0.25) is 0 Å². The van der Waals surface area contributed by atoms with Gasteiger partial charge in [0.15, 0.2) is 0 Å². The van der Waals surface area contributed by atoms with Crippen LogP contribution in [0.1, 0.15) is 39.0 Å². The summed E-state index contributed by atoms with van der Waals surface area (Å²) in [4.78, 5) is 0. The highest BCUT2D eigenvalue weighted by molar-refractivity contribution is 4.78. The molecule has 1 aliphatic carbocycles. The number of ether oxygens (including phenoxy) is 2. The number of hydrogen-bond donors (Lipinski definition) is 1. The Labute approximate surface area is 92.5 Å². The van der Waals surface area contributed by atoms with Crippen molar-refractivity contribution < 1.29 is 9.47 Å². The molecule has 1 heterocycles. The summed E-state index contributed by atoms with van der Waals surface area (Å²) >= 11 is 0. The van der Waals surface area contributed by atoms with Crippen LogP contribution in [-0.4, -0.2) is 38.0 Å². The molecule has 0 aromatic heterocycles. The third-order valence-electron chi connectivity index (χ3n) is 3.44. The zero-order chi connectivity index (χ0) is 10.5. The Morgan fingerprint density at radius 3 is 2.53 bits per heavy atom. The van der Waals surface area contributed by atoms with Crippen LogP contribution in [0.2, 0.25) is 0 Å². The summed E-state index contributed by atoms with van der Waals surface area (Å²) in [6, 6.07) is 0.731. The first-order valence-electron chi connectivity index (χ1n) is 6.35. The van der Waals surface area contributed by atoms with E-state index < -0.39 is 0 Å². The van der Waals surface area contributed by atoms with Gasteiger partial charge in [0.1, 0.15) is 0 Å². The largest absolute Gasteiger partial charge is 0.379 e. The van der Waals surface area contributed by atoms with E-state index in [2.05, 4.69) is 12.2 Å². The fourth-order valence-corrected chi connectivity index (χ4v) is 2.58. The molecule has 1 saturated carbocycles. The van der Waals surface area contributed by atoms with Crippen molar-refractivity contribution in [1.82, 2.24) is 5.32 Å². The fourth-order valence-electron chi connectivity index (χ4n) is 2.58. The number of nitrogens with one attached hydrogen (secondary N) is 1. The SMILES string of the molecule is CCNC1CCC(OC2CCOC2)CC1. The first-order valence-corrected chi connectivity index (χ1v) is 6.35. The first-order chi connectivity index (χ1) is 7.38. The maximum atomic E-state index is 6.03. The van der Waals surface area contributed by atoms with Crippen molar-refractivity contribution >= 4 is 0 Å². The van der Waals surface area contributed by atoms with E-state index in [1.807, 2.05) is 0 Å². The molecular weight excluding hydrogens is 190 g/mol. The Hall–Kier alpha value is -0.120. The van der Waals surface area contributed by atoms with Gasteiger partial charge in [0.25, 0.3) is 0 Å². The van der Waals surface area contributed by atoms with Gasteiger partial charge in [0.05, 0.1) is 18.8 Å². The van der Waals surface area contributed by atoms with Crippen LogP contribution in [0, 0.1) is 0 Å². The molecule has 2 aliphatic rings. The summed E-state index contributed by atoms with van der Waals surface area (Å²) in [6.45, 7) is 4.97. The number of rotatable bonds is 4. The zero-order valence-corrected chi connectivity index (χ0v) is 9.71. The lowest BCUT2D eigenvalue weighted by molar-refractivity contribution is -0.0353. The Bertz CT molecular complexity index is 172. The maximum absolute atomic E-state index is 6.03. The van der Waals surface area contributed by atoms with Crippen LogP contribution in [0.25, 0.3) is 0 Å². The normalized spacial score (nSPS) is 37.0. The maximum Gasteiger partial charge on any atom is 0.0834 e. The molecular formula is C12H23NO2. The van der Waals surface area contributed by atoms with E-state index in [9.17, 15) is 0 Å². The van der Waals surface area contributed by atoms with Gasteiger partial charge in [-0.25, -0.2) is 0 Å². The minimum Gasteiger partial charge on any atom is -0.379 e. The highest BCUT2D eigenvalue weighted by atomic mass is 16.5. The Morgan fingerprint density at radius 2 is 1.93 bits per heavy atom. The Morgan fingerprint density at radius 1 is 1.13 bits per heavy atom. The van der Waals surface area contributed by atoms with Crippen LogP contribution in [-0.2, 0) is 9.47 Å². The van der Waals surface area contributed by atoms with Crippen molar-refractivity contribution in [2.45, 2.75) is 57.3 Å². The molecule has 0 aromatic carbocycles. The fraction of sp³-hybridized carbons (Fsp3) is 1.00. The molecule has 1 atom stereocenters. The van der Waals surface area contributed by atoms with Gasteiger partial charge in [-0.05, 0) is 38.6 Å². The van der Waals surface area contributed by atoms with E-state index in [4.69, 9.17) is 9.47 Å². The quantitative estimate of drug-likeness (QED) is 0.771. The standard InChI is InChI=1S/C12H23NO2/c1-2-13-10-3-5-11(6-4-10)15-12-7-8-14-9-12/h10-13H,2-9H2,1H3. The van der Waals surface area contributed by atoms with Gasteiger partial charge < -0.3 is 14.8 Å². The Kier molecular flexibility index (Phi) is 4.42. The molecule has 1 aliphatic heterocycles. The molecule has 3 nitrogen and oxygen atoms in total. The molecule has 88 valence electrons. The summed E-state index contributed by atoms with van der Waals surface area (Å²) in [6.07, 6.45) is 6.94. The lowest BCUT2D eigenvalue weighted by Gasteiger charge is -2.30. The number of hydrogen-bond acceptors (Lipinski definition) is 3. The second-order valence-corrected chi connectivity index (χ2v) is 4.65. The van der Waals surface area contributed by atoms with Gasteiger partial charge in [0.2, 0.25) is 0 Å². The summed E-state index contributed by atoms with van der Waals surface area (Å²) in [5.74, 6) is 0. The van der Waals surface area contributed by atoms with Crippen molar-refractivity contribution in [3.63, 3.8) is 0 Å². The Balaban J connectivity index is 1.64. The predicted octanol–water partition coefficient (Wildman–Crippen LogP) is 1.71. The molecule has 0 bridgehead atoms. The van der Waals surface area contributed by atoms with Crippen LogP contribution in [0.3, 0.4) is 0 Å². The summed E-state index contributed by atoms with van der Waals surface area (Å²) in [7, 11) is 0. The third-order valence-corrected chi connectivity index (χ3v) is 3.44. The van der Waals surface area contributed by atoms with Crippen LogP contribution >= 0.6 is 0 Å². The third kappa shape index (κ3) is 3.44. The molecule has 1 saturated heterocycles. The summed E-state index contributed by atoms with van der Waals surface area (Å²) in [5, 5.41) is 3.52. The molecule has 0 spiro atoms. The van der Waals surface area contributed by atoms with Crippen LogP contribution in [0.5, 0.6) is 0 Å². The lowest BCUT2D eigenvalue weighted by Crippen LogP contribution is -2.36. The summed E-state index contributed by atoms with van der Waals surface area (Å²) < 4.78 is 11.3. The monoisotopic (exact) mass is 213 g/mol. The van der Waals surface area contributed by atoms with Crippen molar-refractivity contribution in [3.05, 3.63) is 0 Å². The molecule has 0 aromatic rings. The predicted molar refractivity (Wildman–Crippen MR) is 60.0 cm³/mol. The highest BCUT2D eigenvalue weighted by Crippen LogP contribution is 2.24. The van der Waals surface area contributed by atoms with Crippen molar-refractivity contribution in [2.75, 3.05) is 19.8 Å². The molecule has 0 radical (unpaired) electrons. The zero-order valence-electron chi connectivity index (χ0n) is 9.71. The average molecular weight is 213 g/mol. The topological polar surface area (TPSA) is 30.5 Å². The van der Waals surface area contributed by atoms with E-state index in [-0.39, 0.29) is 0 Å². The van der Waals surface area contributed by atoms with Crippen LogP contribution in [0.4, 0.5) is 0 Å². The molecule has 1 unspecified atom stereocenters.